The van der Waals surface area contributed by atoms with Crippen LogP contribution in [0.1, 0.15) is 21.6 Å². The topological polar surface area (TPSA) is 61.1 Å². The van der Waals surface area contributed by atoms with Crippen molar-refractivity contribution in [1.29, 1.82) is 5.26 Å². The zero-order valence-electron chi connectivity index (χ0n) is 19.7. The smallest absolute Gasteiger partial charge is 0.346 e. The number of hydrogen-bond donors (Lipinski definition) is 1. The third-order valence-electron chi connectivity index (χ3n) is 5.79. The molecular weight excluding hydrogens is 494 g/mol. The lowest BCUT2D eigenvalue weighted by Crippen LogP contribution is -1.96. The summed E-state index contributed by atoms with van der Waals surface area (Å²) in [6.07, 6.45) is 3.64. The monoisotopic (exact) mass is 515 g/mol. The standard InChI is InChI=1S/C32H21NO2S2/c33-21-26(32(34)35)20-27-15-16-30(36-27)31-18-17-29(37-31)25-13-11-22(12-14-25)19-28(23-7-3-1-4-8-23)24-9-5-2-6-10-24/h1-20H,(H,34,35)/b26-20-. The van der Waals surface area contributed by atoms with Gasteiger partial charge in [-0.15, -0.1) is 22.7 Å². The van der Waals surface area contributed by atoms with Crippen LogP contribution < -0.4 is 0 Å². The second-order valence-corrected chi connectivity index (χ2v) is 10.5. The van der Waals surface area contributed by atoms with E-state index in [0.717, 1.165) is 30.6 Å². The van der Waals surface area contributed by atoms with Gasteiger partial charge in [0, 0.05) is 19.5 Å². The highest BCUT2D eigenvalue weighted by atomic mass is 32.1. The number of carboxylic acids is 1. The van der Waals surface area contributed by atoms with Gasteiger partial charge in [0.25, 0.3) is 0 Å². The molecule has 2 heterocycles. The first-order chi connectivity index (χ1) is 18.1. The highest BCUT2D eigenvalue weighted by molar-refractivity contribution is 7.24. The zero-order chi connectivity index (χ0) is 25.6. The number of benzene rings is 3. The van der Waals surface area contributed by atoms with Crippen LogP contribution in [0.4, 0.5) is 0 Å². The van der Waals surface area contributed by atoms with Crippen molar-refractivity contribution < 1.29 is 9.90 Å². The molecule has 5 rings (SSSR count). The Kier molecular flexibility index (Phi) is 7.23. The number of nitriles is 1. The zero-order valence-corrected chi connectivity index (χ0v) is 21.3. The molecule has 37 heavy (non-hydrogen) atoms. The van der Waals surface area contributed by atoms with Crippen LogP contribution in [0.25, 0.3) is 37.9 Å². The van der Waals surface area contributed by atoms with Crippen molar-refractivity contribution in [2.45, 2.75) is 0 Å². The second kappa shape index (κ2) is 11.0. The van der Waals surface area contributed by atoms with Crippen LogP contribution in [0.3, 0.4) is 0 Å². The fourth-order valence-electron chi connectivity index (χ4n) is 3.95. The molecule has 0 bridgehead atoms. The van der Waals surface area contributed by atoms with Gasteiger partial charge in [0.1, 0.15) is 11.6 Å². The summed E-state index contributed by atoms with van der Waals surface area (Å²) in [4.78, 5) is 15.2. The fourth-order valence-corrected chi connectivity index (χ4v) is 6.00. The van der Waals surface area contributed by atoms with Gasteiger partial charge in [0.15, 0.2) is 0 Å². The Hall–Kier alpha value is -4.50. The Labute approximate surface area is 223 Å². The SMILES string of the molecule is N#C/C(=C/c1ccc(-c2ccc(-c3ccc(C=C(c4ccccc4)c4ccccc4)cc3)s2)s1)C(=O)O. The summed E-state index contributed by atoms with van der Waals surface area (Å²) >= 11 is 3.16. The van der Waals surface area contributed by atoms with Crippen LogP contribution >= 0.6 is 22.7 Å². The minimum absolute atomic E-state index is 0.267. The number of rotatable bonds is 7. The van der Waals surface area contributed by atoms with Crippen molar-refractivity contribution in [3.8, 4) is 26.3 Å². The highest BCUT2D eigenvalue weighted by Gasteiger charge is 2.11. The number of aliphatic carboxylic acids is 1. The van der Waals surface area contributed by atoms with Crippen LogP contribution in [0.15, 0.2) is 115 Å². The van der Waals surface area contributed by atoms with E-state index in [9.17, 15) is 4.79 Å². The summed E-state index contributed by atoms with van der Waals surface area (Å²) in [5.41, 5.74) is 5.54. The third kappa shape index (κ3) is 5.68. The molecule has 178 valence electrons. The molecule has 5 heteroatoms. The average molecular weight is 516 g/mol. The molecular formula is C32H21NO2S2. The Morgan fingerprint density at radius 1 is 0.676 bits per heavy atom. The van der Waals surface area contributed by atoms with E-state index in [4.69, 9.17) is 10.4 Å². The minimum Gasteiger partial charge on any atom is -0.477 e. The molecule has 0 radical (unpaired) electrons. The Balaban J connectivity index is 1.40. The van der Waals surface area contributed by atoms with E-state index < -0.39 is 5.97 Å². The average Bonchev–Trinajstić information content (AvgIpc) is 3.62. The van der Waals surface area contributed by atoms with Crippen LogP contribution in [0.2, 0.25) is 0 Å². The second-order valence-electron chi connectivity index (χ2n) is 8.25. The van der Waals surface area contributed by atoms with Crippen LogP contribution in [-0.4, -0.2) is 11.1 Å². The minimum atomic E-state index is -1.21. The third-order valence-corrected chi connectivity index (χ3v) is 8.15. The van der Waals surface area contributed by atoms with Crippen molar-refractivity contribution in [1.82, 2.24) is 0 Å². The molecule has 3 nitrogen and oxygen atoms in total. The van der Waals surface area contributed by atoms with Gasteiger partial charge in [-0.25, -0.2) is 4.79 Å². The Morgan fingerprint density at radius 2 is 1.24 bits per heavy atom. The van der Waals surface area contributed by atoms with Crippen molar-refractivity contribution in [3.63, 3.8) is 0 Å². The molecule has 0 spiro atoms. The van der Waals surface area contributed by atoms with E-state index in [2.05, 4.69) is 91.0 Å². The van der Waals surface area contributed by atoms with E-state index >= 15 is 0 Å². The summed E-state index contributed by atoms with van der Waals surface area (Å²) in [6, 6.07) is 39.1. The van der Waals surface area contributed by atoms with E-state index in [1.165, 1.54) is 34.1 Å². The fraction of sp³-hybridized carbons (Fsp3) is 0. The molecule has 0 amide bonds. The maximum absolute atomic E-state index is 11.1. The van der Waals surface area contributed by atoms with Crippen LogP contribution in [0, 0.1) is 11.3 Å². The predicted molar refractivity (Wildman–Crippen MR) is 154 cm³/mol. The molecule has 0 unspecified atom stereocenters. The number of carboxylic acid groups (broad SMARTS) is 1. The molecule has 3 aromatic carbocycles. The molecule has 0 aliphatic carbocycles. The summed E-state index contributed by atoms with van der Waals surface area (Å²) in [6.45, 7) is 0. The van der Waals surface area contributed by atoms with Gasteiger partial charge in [-0.2, -0.15) is 5.26 Å². The largest absolute Gasteiger partial charge is 0.477 e. The molecule has 0 saturated heterocycles. The summed E-state index contributed by atoms with van der Waals surface area (Å²) < 4.78 is 0. The van der Waals surface area contributed by atoms with Gasteiger partial charge in [-0.3, -0.25) is 0 Å². The number of nitrogens with zero attached hydrogens (tertiary/aromatic N) is 1. The van der Waals surface area contributed by atoms with Gasteiger partial charge in [-0.1, -0.05) is 84.9 Å². The van der Waals surface area contributed by atoms with Gasteiger partial charge >= 0.3 is 5.97 Å². The number of hydrogen-bond acceptors (Lipinski definition) is 4. The summed E-state index contributed by atoms with van der Waals surface area (Å²) in [7, 11) is 0. The van der Waals surface area contributed by atoms with Gasteiger partial charge < -0.3 is 5.11 Å². The van der Waals surface area contributed by atoms with Gasteiger partial charge in [0.2, 0.25) is 0 Å². The molecule has 0 atom stereocenters. The lowest BCUT2D eigenvalue weighted by Gasteiger charge is -2.09. The lowest BCUT2D eigenvalue weighted by atomic mass is 9.95. The normalized spacial score (nSPS) is 11.1. The first-order valence-corrected chi connectivity index (χ1v) is 13.2. The van der Waals surface area contributed by atoms with Crippen molar-refractivity contribution in [3.05, 3.63) is 136 Å². The van der Waals surface area contributed by atoms with E-state index in [1.54, 1.807) is 17.4 Å². The molecule has 1 N–H and O–H groups in total. The number of carbonyl (C=O) groups is 1. The Bertz CT molecular complexity index is 1590. The quantitative estimate of drug-likeness (QED) is 0.134. The summed E-state index contributed by atoms with van der Waals surface area (Å²) in [5, 5.41) is 18.1. The molecule has 2 aromatic heterocycles. The van der Waals surface area contributed by atoms with Crippen molar-refractivity contribution in [2.75, 3.05) is 0 Å². The molecule has 0 fully saturated rings. The maximum atomic E-state index is 11.1. The van der Waals surface area contributed by atoms with Gasteiger partial charge in [-0.05, 0) is 64.2 Å². The first kappa shape index (κ1) is 24.2. The summed E-state index contributed by atoms with van der Waals surface area (Å²) in [5.74, 6) is -1.21. The van der Waals surface area contributed by atoms with Crippen molar-refractivity contribution in [2.24, 2.45) is 0 Å². The molecule has 5 aromatic rings. The van der Waals surface area contributed by atoms with Gasteiger partial charge in [0.05, 0.1) is 0 Å². The van der Waals surface area contributed by atoms with Crippen molar-refractivity contribution >= 4 is 46.4 Å². The van der Waals surface area contributed by atoms with E-state index in [1.807, 2.05) is 24.3 Å². The maximum Gasteiger partial charge on any atom is 0.346 e. The van der Waals surface area contributed by atoms with E-state index in [0.29, 0.717) is 0 Å². The van der Waals surface area contributed by atoms with E-state index in [-0.39, 0.29) is 5.57 Å². The molecule has 0 aliphatic heterocycles. The highest BCUT2D eigenvalue weighted by Crippen LogP contribution is 2.38. The Morgan fingerprint density at radius 3 is 1.84 bits per heavy atom. The predicted octanol–water partition coefficient (Wildman–Crippen LogP) is 8.72. The first-order valence-electron chi connectivity index (χ1n) is 11.6. The van der Waals surface area contributed by atoms with Crippen LogP contribution in [-0.2, 0) is 4.79 Å². The number of thiophene rings is 2. The molecule has 0 saturated carbocycles. The lowest BCUT2D eigenvalue weighted by molar-refractivity contribution is -0.132. The van der Waals surface area contributed by atoms with Crippen LogP contribution in [0.5, 0.6) is 0 Å². The molecule has 0 aliphatic rings.